The van der Waals surface area contributed by atoms with Gasteiger partial charge in [0.1, 0.15) is 11.4 Å². The molecule has 0 saturated carbocycles. The molecule has 0 unspecified atom stereocenters. The van der Waals surface area contributed by atoms with Gasteiger partial charge in [0, 0.05) is 28.5 Å². The fourth-order valence-electron chi connectivity index (χ4n) is 2.59. The van der Waals surface area contributed by atoms with Gasteiger partial charge in [-0.1, -0.05) is 23.7 Å². The third-order valence-electron chi connectivity index (χ3n) is 3.95. The van der Waals surface area contributed by atoms with E-state index in [2.05, 4.69) is 25.1 Å². The van der Waals surface area contributed by atoms with Crippen molar-refractivity contribution in [2.24, 2.45) is 0 Å². The second-order valence-corrected chi connectivity index (χ2v) is 6.31. The maximum atomic E-state index is 13.4. The van der Waals surface area contributed by atoms with Crippen LogP contribution in [-0.2, 0) is 6.18 Å². The number of rotatable bonds is 3. The molecule has 0 saturated heterocycles. The molecule has 0 atom stereocenters. The lowest BCUT2D eigenvalue weighted by molar-refractivity contribution is -0.141. The number of alkyl halides is 3. The summed E-state index contributed by atoms with van der Waals surface area (Å²) in [6.07, 6.45) is -1.42. The van der Waals surface area contributed by atoms with Crippen LogP contribution in [0.4, 0.5) is 13.2 Å². The summed E-state index contributed by atoms with van der Waals surface area (Å²) >= 11 is 5.86. The highest BCUT2D eigenvalue weighted by atomic mass is 35.5. The highest BCUT2D eigenvalue weighted by molar-refractivity contribution is 6.30. The molecule has 0 aliphatic rings. The van der Waals surface area contributed by atoms with E-state index in [4.69, 9.17) is 11.6 Å². The predicted octanol–water partition coefficient (Wildman–Crippen LogP) is 5.27. The first-order valence-electron chi connectivity index (χ1n) is 8.08. The lowest BCUT2D eigenvalue weighted by Gasteiger charge is -2.10. The van der Waals surface area contributed by atoms with Crippen molar-refractivity contribution < 1.29 is 13.2 Å². The quantitative estimate of drug-likeness (QED) is 0.508. The third kappa shape index (κ3) is 3.72. The molecule has 4 rings (SSSR count). The minimum Gasteiger partial charge on any atom is -0.274 e. The Kier molecular flexibility index (Phi) is 4.56. The van der Waals surface area contributed by atoms with Gasteiger partial charge in [-0.15, -0.1) is 0 Å². The fraction of sp³-hybridized carbons (Fsp3) is 0.0526. The van der Waals surface area contributed by atoms with Crippen molar-refractivity contribution >= 4 is 11.6 Å². The molecule has 5 nitrogen and oxygen atoms in total. The molecule has 0 spiro atoms. The topological polar surface area (TPSA) is 67.3 Å². The first-order chi connectivity index (χ1) is 13.4. The van der Waals surface area contributed by atoms with E-state index in [1.165, 1.54) is 0 Å². The van der Waals surface area contributed by atoms with E-state index in [0.717, 1.165) is 11.6 Å². The summed E-state index contributed by atoms with van der Waals surface area (Å²) in [6, 6.07) is 12.4. The van der Waals surface area contributed by atoms with Gasteiger partial charge >= 0.3 is 6.18 Å². The summed E-state index contributed by atoms with van der Waals surface area (Å²) < 4.78 is 40.1. The SMILES string of the molecule is FC(F)(F)c1cc(-c2ccc(Cl)cc2)nc(-c2cc(-c3ccncc3)n[nH]2)n1. The number of hydrogen-bond donors (Lipinski definition) is 1. The number of halogens is 4. The van der Waals surface area contributed by atoms with Gasteiger partial charge in [-0.25, -0.2) is 9.97 Å². The Bertz CT molecular complexity index is 1110. The lowest BCUT2D eigenvalue weighted by atomic mass is 10.1. The van der Waals surface area contributed by atoms with Gasteiger partial charge in [0.25, 0.3) is 0 Å². The number of aromatic nitrogens is 5. The summed E-state index contributed by atoms with van der Waals surface area (Å²) in [7, 11) is 0. The molecule has 0 amide bonds. The minimum atomic E-state index is -4.62. The fourth-order valence-corrected chi connectivity index (χ4v) is 2.71. The van der Waals surface area contributed by atoms with Gasteiger partial charge in [-0.2, -0.15) is 18.3 Å². The Balaban J connectivity index is 1.81. The third-order valence-corrected chi connectivity index (χ3v) is 4.20. The van der Waals surface area contributed by atoms with Crippen molar-refractivity contribution in [3.05, 3.63) is 71.6 Å². The average molecular weight is 402 g/mol. The molecule has 0 bridgehead atoms. The molecular formula is C19H11ClF3N5. The summed E-state index contributed by atoms with van der Waals surface area (Å²) in [4.78, 5) is 11.9. The zero-order valence-corrected chi connectivity index (χ0v) is 14.8. The zero-order chi connectivity index (χ0) is 19.7. The molecule has 0 aliphatic carbocycles. The summed E-state index contributed by atoms with van der Waals surface area (Å²) in [6.45, 7) is 0. The van der Waals surface area contributed by atoms with E-state index in [0.29, 0.717) is 16.3 Å². The smallest absolute Gasteiger partial charge is 0.274 e. The molecular weight excluding hydrogens is 391 g/mol. The average Bonchev–Trinajstić information content (AvgIpc) is 3.18. The number of benzene rings is 1. The van der Waals surface area contributed by atoms with Crippen molar-refractivity contribution in [3.8, 4) is 34.0 Å². The number of hydrogen-bond acceptors (Lipinski definition) is 4. The largest absolute Gasteiger partial charge is 0.433 e. The standard InChI is InChI=1S/C19H11ClF3N5/c20-13-3-1-11(2-4-13)14-10-17(19(21,22)23)26-18(25-14)16-9-15(27-28-16)12-5-7-24-8-6-12/h1-10H,(H,27,28). The van der Waals surface area contributed by atoms with Gasteiger partial charge in [-0.05, 0) is 36.4 Å². The Labute approximate surface area is 162 Å². The van der Waals surface area contributed by atoms with E-state index in [1.807, 2.05) is 0 Å². The Morgan fingerprint density at radius 2 is 1.50 bits per heavy atom. The van der Waals surface area contributed by atoms with Crippen LogP contribution in [0, 0.1) is 0 Å². The number of aromatic amines is 1. The Morgan fingerprint density at radius 3 is 2.18 bits per heavy atom. The molecule has 3 aromatic heterocycles. The van der Waals surface area contributed by atoms with Crippen molar-refractivity contribution in [1.82, 2.24) is 25.1 Å². The van der Waals surface area contributed by atoms with Gasteiger partial charge < -0.3 is 0 Å². The maximum Gasteiger partial charge on any atom is 0.433 e. The second kappa shape index (κ2) is 7.05. The molecule has 4 aromatic rings. The van der Waals surface area contributed by atoms with Gasteiger partial charge in [-0.3, -0.25) is 10.1 Å². The van der Waals surface area contributed by atoms with E-state index in [1.54, 1.807) is 54.9 Å². The monoisotopic (exact) mass is 401 g/mol. The zero-order valence-electron chi connectivity index (χ0n) is 14.1. The van der Waals surface area contributed by atoms with E-state index in [9.17, 15) is 13.2 Å². The van der Waals surface area contributed by atoms with Crippen LogP contribution in [0.1, 0.15) is 5.69 Å². The van der Waals surface area contributed by atoms with Crippen molar-refractivity contribution in [3.63, 3.8) is 0 Å². The number of nitrogens with one attached hydrogen (secondary N) is 1. The minimum absolute atomic E-state index is 0.104. The number of H-pyrrole nitrogens is 1. The molecule has 1 N–H and O–H groups in total. The van der Waals surface area contributed by atoms with Crippen LogP contribution in [0.15, 0.2) is 60.9 Å². The van der Waals surface area contributed by atoms with Gasteiger partial charge in [0.2, 0.25) is 0 Å². The van der Waals surface area contributed by atoms with Crippen LogP contribution < -0.4 is 0 Å². The Hall–Kier alpha value is -3.26. The van der Waals surface area contributed by atoms with Crippen LogP contribution in [0.3, 0.4) is 0 Å². The van der Waals surface area contributed by atoms with Crippen molar-refractivity contribution in [2.75, 3.05) is 0 Å². The summed E-state index contributed by atoms with van der Waals surface area (Å²) in [5, 5.41) is 7.32. The van der Waals surface area contributed by atoms with Crippen LogP contribution in [0.25, 0.3) is 34.0 Å². The van der Waals surface area contributed by atoms with Crippen molar-refractivity contribution in [2.45, 2.75) is 6.18 Å². The molecule has 0 aliphatic heterocycles. The number of pyridine rings is 1. The molecule has 0 radical (unpaired) electrons. The molecule has 28 heavy (non-hydrogen) atoms. The van der Waals surface area contributed by atoms with Crippen LogP contribution in [-0.4, -0.2) is 25.1 Å². The molecule has 140 valence electrons. The molecule has 0 fully saturated rings. The van der Waals surface area contributed by atoms with Crippen molar-refractivity contribution in [1.29, 1.82) is 0 Å². The highest BCUT2D eigenvalue weighted by Gasteiger charge is 2.34. The maximum absolute atomic E-state index is 13.4. The normalized spacial score (nSPS) is 11.6. The second-order valence-electron chi connectivity index (χ2n) is 5.87. The lowest BCUT2D eigenvalue weighted by Crippen LogP contribution is -2.10. The first kappa shape index (κ1) is 18.1. The molecule has 9 heteroatoms. The molecule has 1 aromatic carbocycles. The van der Waals surface area contributed by atoms with Gasteiger partial charge in [0.15, 0.2) is 5.82 Å². The van der Waals surface area contributed by atoms with Gasteiger partial charge in [0.05, 0.1) is 11.4 Å². The Morgan fingerprint density at radius 1 is 0.821 bits per heavy atom. The van der Waals surface area contributed by atoms with E-state index >= 15 is 0 Å². The van der Waals surface area contributed by atoms with Crippen LogP contribution in [0.5, 0.6) is 0 Å². The summed E-state index contributed by atoms with van der Waals surface area (Å²) in [5.41, 5.74) is 1.17. The summed E-state index contributed by atoms with van der Waals surface area (Å²) in [5.74, 6) is -0.104. The van der Waals surface area contributed by atoms with Crippen LogP contribution in [0.2, 0.25) is 5.02 Å². The predicted molar refractivity (Wildman–Crippen MR) is 98.3 cm³/mol. The molecule has 3 heterocycles. The van der Waals surface area contributed by atoms with Crippen LogP contribution >= 0.6 is 11.6 Å². The highest BCUT2D eigenvalue weighted by Crippen LogP contribution is 2.32. The number of nitrogens with zero attached hydrogens (tertiary/aromatic N) is 4. The first-order valence-corrected chi connectivity index (χ1v) is 8.46. The van der Waals surface area contributed by atoms with E-state index < -0.39 is 11.9 Å². The van der Waals surface area contributed by atoms with E-state index in [-0.39, 0.29) is 17.2 Å².